The number of aryl methyl sites for hydroxylation is 1. The molecular formula is C12H16IN. The van der Waals surface area contributed by atoms with Crippen molar-refractivity contribution in [3.63, 3.8) is 0 Å². The van der Waals surface area contributed by atoms with E-state index in [4.69, 9.17) is 0 Å². The van der Waals surface area contributed by atoms with Crippen LogP contribution in [0.4, 0.5) is 5.69 Å². The summed E-state index contributed by atoms with van der Waals surface area (Å²) in [6.45, 7) is 6.75. The lowest BCUT2D eigenvalue weighted by Crippen LogP contribution is -2.35. The summed E-state index contributed by atoms with van der Waals surface area (Å²) in [7, 11) is 0. The molecule has 3 atom stereocenters. The second kappa shape index (κ2) is 3.72. The van der Waals surface area contributed by atoms with E-state index < -0.39 is 0 Å². The molecule has 2 heteroatoms. The van der Waals surface area contributed by atoms with Gasteiger partial charge in [-0.15, -0.1) is 0 Å². The first kappa shape index (κ1) is 10.3. The number of alkyl halides is 1. The lowest BCUT2D eigenvalue weighted by molar-refractivity contribution is 0.627. The number of hydrogen-bond acceptors (Lipinski definition) is 1. The van der Waals surface area contributed by atoms with Crippen LogP contribution >= 0.6 is 22.6 Å². The Kier molecular flexibility index (Phi) is 2.73. The molecule has 1 aromatic carbocycles. The van der Waals surface area contributed by atoms with Crippen LogP contribution in [0.25, 0.3) is 0 Å². The summed E-state index contributed by atoms with van der Waals surface area (Å²) in [6.07, 6.45) is 0. The molecule has 0 saturated heterocycles. The second-order valence-corrected chi connectivity index (χ2v) is 5.70. The van der Waals surface area contributed by atoms with Crippen molar-refractivity contribution in [1.29, 1.82) is 0 Å². The topological polar surface area (TPSA) is 12.0 Å². The average molecular weight is 301 g/mol. The van der Waals surface area contributed by atoms with E-state index in [0.717, 1.165) is 0 Å². The quantitative estimate of drug-likeness (QED) is 0.569. The highest BCUT2D eigenvalue weighted by Crippen LogP contribution is 2.38. The molecule has 0 saturated carbocycles. The van der Waals surface area contributed by atoms with Crippen LogP contribution in [0.1, 0.15) is 30.9 Å². The number of fused-ring (bicyclic) bond motifs is 1. The van der Waals surface area contributed by atoms with Crippen LogP contribution in [0.5, 0.6) is 0 Å². The Bertz CT molecular complexity index is 348. The van der Waals surface area contributed by atoms with Crippen LogP contribution in [0, 0.1) is 6.92 Å². The highest BCUT2D eigenvalue weighted by atomic mass is 127. The number of nitrogens with one attached hydrogen (secondary N) is 1. The van der Waals surface area contributed by atoms with Gasteiger partial charge < -0.3 is 5.32 Å². The maximum absolute atomic E-state index is 3.56. The first-order chi connectivity index (χ1) is 6.59. The first-order valence-corrected chi connectivity index (χ1v) is 6.35. The van der Waals surface area contributed by atoms with E-state index in [1.807, 2.05) is 0 Å². The summed E-state index contributed by atoms with van der Waals surface area (Å²) < 4.78 is 0.682. The first-order valence-electron chi connectivity index (χ1n) is 5.10. The summed E-state index contributed by atoms with van der Waals surface area (Å²) in [4.78, 5) is 0. The molecule has 1 aliphatic rings. The number of anilines is 1. The molecule has 0 fully saturated rings. The third-order valence-electron chi connectivity index (χ3n) is 3.04. The highest BCUT2D eigenvalue weighted by Gasteiger charge is 2.28. The lowest BCUT2D eigenvalue weighted by Gasteiger charge is -2.34. The van der Waals surface area contributed by atoms with Crippen LogP contribution in [-0.2, 0) is 0 Å². The van der Waals surface area contributed by atoms with Gasteiger partial charge in [0.15, 0.2) is 0 Å². The minimum Gasteiger partial charge on any atom is -0.381 e. The molecular weight excluding hydrogens is 285 g/mol. The third-order valence-corrected chi connectivity index (χ3v) is 5.19. The minimum atomic E-state index is 0.570. The number of hydrogen-bond donors (Lipinski definition) is 1. The number of halogens is 1. The highest BCUT2D eigenvalue weighted by molar-refractivity contribution is 14.1. The minimum absolute atomic E-state index is 0.570. The Morgan fingerprint density at radius 1 is 1.29 bits per heavy atom. The van der Waals surface area contributed by atoms with E-state index in [2.05, 4.69) is 66.9 Å². The SMILES string of the molecule is Cc1ccc2c(c1)[C@H](C)[C@@H](I)[C@H](C)N2. The van der Waals surface area contributed by atoms with Crippen LogP contribution in [0.2, 0.25) is 0 Å². The molecule has 0 aliphatic carbocycles. The molecule has 0 amide bonds. The van der Waals surface area contributed by atoms with E-state index in [1.54, 1.807) is 0 Å². The predicted molar refractivity (Wildman–Crippen MR) is 70.5 cm³/mol. The van der Waals surface area contributed by atoms with Crippen LogP contribution < -0.4 is 5.32 Å². The van der Waals surface area contributed by atoms with Gasteiger partial charge in [-0.1, -0.05) is 47.2 Å². The molecule has 1 aliphatic heterocycles. The maximum atomic E-state index is 3.56. The molecule has 0 radical (unpaired) electrons. The van der Waals surface area contributed by atoms with Crippen molar-refractivity contribution < 1.29 is 0 Å². The van der Waals surface area contributed by atoms with Gasteiger partial charge in [0.1, 0.15) is 0 Å². The van der Waals surface area contributed by atoms with Gasteiger partial charge in [-0.3, -0.25) is 0 Å². The van der Waals surface area contributed by atoms with E-state index in [-0.39, 0.29) is 0 Å². The molecule has 0 spiro atoms. The smallest absolute Gasteiger partial charge is 0.0378 e. The second-order valence-electron chi connectivity index (χ2n) is 4.26. The Morgan fingerprint density at radius 3 is 2.71 bits per heavy atom. The predicted octanol–water partition coefficient (Wildman–Crippen LogP) is 3.72. The van der Waals surface area contributed by atoms with E-state index in [1.165, 1.54) is 16.8 Å². The van der Waals surface area contributed by atoms with E-state index in [9.17, 15) is 0 Å². The van der Waals surface area contributed by atoms with Gasteiger partial charge in [-0.25, -0.2) is 0 Å². The fourth-order valence-corrected chi connectivity index (χ4v) is 2.69. The van der Waals surface area contributed by atoms with Gasteiger partial charge in [0.2, 0.25) is 0 Å². The van der Waals surface area contributed by atoms with Crippen molar-refractivity contribution >= 4 is 28.3 Å². The van der Waals surface area contributed by atoms with E-state index >= 15 is 0 Å². The van der Waals surface area contributed by atoms with E-state index in [0.29, 0.717) is 15.9 Å². The van der Waals surface area contributed by atoms with Gasteiger partial charge >= 0.3 is 0 Å². The monoisotopic (exact) mass is 301 g/mol. The summed E-state index contributed by atoms with van der Waals surface area (Å²) in [6, 6.07) is 7.27. The summed E-state index contributed by atoms with van der Waals surface area (Å²) >= 11 is 2.55. The fraction of sp³-hybridized carbons (Fsp3) is 0.500. The lowest BCUT2D eigenvalue weighted by atomic mass is 9.88. The zero-order valence-electron chi connectivity index (χ0n) is 8.84. The molecule has 0 aromatic heterocycles. The number of benzene rings is 1. The fourth-order valence-electron chi connectivity index (χ4n) is 2.12. The molecule has 76 valence electrons. The zero-order valence-corrected chi connectivity index (χ0v) is 11.0. The molecule has 1 aromatic rings. The molecule has 1 heterocycles. The standard InChI is InChI=1S/C12H16IN/c1-7-4-5-11-10(6-7)8(2)12(13)9(3)14-11/h4-6,8-9,12,14H,1-3H3/t8-,9-,12+/m0/s1. The van der Waals surface area contributed by atoms with Gasteiger partial charge in [0.25, 0.3) is 0 Å². The van der Waals surface area contributed by atoms with Crippen molar-refractivity contribution in [2.75, 3.05) is 5.32 Å². The van der Waals surface area contributed by atoms with Crippen molar-refractivity contribution in [3.05, 3.63) is 29.3 Å². The molecule has 1 nitrogen and oxygen atoms in total. The van der Waals surface area contributed by atoms with Crippen molar-refractivity contribution in [2.24, 2.45) is 0 Å². The Hall–Kier alpha value is -0.250. The van der Waals surface area contributed by atoms with Gasteiger partial charge in [-0.2, -0.15) is 0 Å². The molecule has 14 heavy (non-hydrogen) atoms. The molecule has 0 bridgehead atoms. The molecule has 0 unspecified atom stereocenters. The van der Waals surface area contributed by atoms with Crippen LogP contribution in [0.3, 0.4) is 0 Å². The van der Waals surface area contributed by atoms with Gasteiger partial charge in [0, 0.05) is 15.7 Å². The van der Waals surface area contributed by atoms with Crippen molar-refractivity contribution in [2.45, 2.75) is 36.7 Å². The van der Waals surface area contributed by atoms with Crippen LogP contribution in [-0.4, -0.2) is 9.97 Å². The maximum Gasteiger partial charge on any atom is 0.0378 e. The Morgan fingerprint density at radius 2 is 2.00 bits per heavy atom. The van der Waals surface area contributed by atoms with Gasteiger partial charge in [0.05, 0.1) is 0 Å². The summed E-state index contributed by atoms with van der Waals surface area (Å²) in [5.74, 6) is 0.654. The summed E-state index contributed by atoms with van der Waals surface area (Å²) in [5.41, 5.74) is 4.15. The molecule has 2 rings (SSSR count). The third kappa shape index (κ3) is 1.64. The number of rotatable bonds is 0. The van der Waals surface area contributed by atoms with Crippen molar-refractivity contribution in [3.8, 4) is 0 Å². The molecule has 1 N–H and O–H groups in total. The average Bonchev–Trinajstić information content (AvgIpc) is 2.16. The van der Waals surface area contributed by atoms with Crippen LogP contribution in [0.15, 0.2) is 18.2 Å². The Balaban J connectivity index is 2.46. The normalized spacial score (nSPS) is 30.7. The Labute approximate surface area is 99.4 Å². The largest absolute Gasteiger partial charge is 0.381 e. The zero-order chi connectivity index (χ0) is 10.3. The van der Waals surface area contributed by atoms with Crippen molar-refractivity contribution in [1.82, 2.24) is 0 Å². The summed E-state index contributed by atoms with van der Waals surface area (Å²) in [5, 5.41) is 3.56. The van der Waals surface area contributed by atoms with Gasteiger partial charge in [-0.05, 0) is 31.4 Å².